The zero-order chi connectivity index (χ0) is 26.7. The van der Waals surface area contributed by atoms with Crippen LogP contribution in [0.25, 0.3) is 21.6 Å². The van der Waals surface area contributed by atoms with Gasteiger partial charge in [-0.2, -0.15) is 0 Å². The van der Waals surface area contributed by atoms with Crippen LogP contribution in [-0.2, 0) is 30.5 Å². The summed E-state index contributed by atoms with van der Waals surface area (Å²) in [5.74, 6) is -0.286. The Kier molecular flexibility index (Phi) is 8.46. The monoisotopic (exact) mass is 554 g/mol. The molecule has 1 fully saturated rings. The number of aryl methyl sites for hydroxylation is 1. The third-order valence-corrected chi connectivity index (χ3v) is 13.1. The highest BCUT2D eigenvalue weighted by Crippen LogP contribution is 2.47. The van der Waals surface area contributed by atoms with E-state index in [0.29, 0.717) is 19.4 Å². The Morgan fingerprint density at radius 3 is 2.14 bits per heavy atom. The lowest BCUT2D eigenvalue weighted by atomic mass is 9.95. The van der Waals surface area contributed by atoms with Crippen molar-refractivity contribution >= 4 is 35.2 Å². The molecule has 1 saturated heterocycles. The highest BCUT2D eigenvalue weighted by Gasteiger charge is 2.49. The number of hydrogen-bond donors (Lipinski definition) is 0. The molecule has 1 aromatic heterocycles. The first-order valence-electron chi connectivity index (χ1n) is 13.2. The first-order chi connectivity index (χ1) is 17.5. The number of rotatable bonds is 9. The fraction of sp³-hybridized carbons (Fsp3) is 0.433. The summed E-state index contributed by atoms with van der Waals surface area (Å²) in [7, 11) is -4.83. The standard InChI is InChI=1S/C30H38O4S2Si/c1-5-23-8-10-24(11-9-23)25-12-14-26(15-13-25)27-16-17-28(35-27)30(18-6-7-20-36(30,32)33)22-29(31)34-19-21-37(2,3)4/h8-17H,5-7,18-22H2,1-4H3/t30-/m0/s1. The molecule has 0 aliphatic carbocycles. The van der Waals surface area contributed by atoms with E-state index in [0.717, 1.165) is 39.8 Å². The second kappa shape index (κ2) is 11.3. The normalized spacial score (nSPS) is 19.5. The second-order valence-electron chi connectivity index (χ2n) is 11.3. The van der Waals surface area contributed by atoms with Gasteiger partial charge in [0.2, 0.25) is 0 Å². The van der Waals surface area contributed by atoms with Gasteiger partial charge in [0.05, 0.1) is 18.8 Å². The van der Waals surface area contributed by atoms with Crippen molar-refractivity contribution in [2.75, 3.05) is 12.4 Å². The van der Waals surface area contributed by atoms with Crippen LogP contribution in [0.15, 0.2) is 60.7 Å². The van der Waals surface area contributed by atoms with Gasteiger partial charge in [0.25, 0.3) is 0 Å². The molecule has 2 aromatic carbocycles. The molecule has 2 heterocycles. The van der Waals surface area contributed by atoms with Crippen LogP contribution >= 0.6 is 11.3 Å². The molecule has 0 N–H and O–H groups in total. The summed E-state index contributed by atoms with van der Waals surface area (Å²) in [4.78, 5) is 14.6. The maximum absolute atomic E-state index is 13.5. The maximum atomic E-state index is 13.5. The minimum atomic E-state index is -3.49. The largest absolute Gasteiger partial charge is 0.466 e. The van der Waals surface area contributed by atoms with Gasteiger partial charge < -0.3 is 4.74 Å². The van der Waals surface area contributed by atoms with Gasteiger partial charge in [0.15, 0.2) is 9.84 Å². The molecule has 198 valence electrons. The Labute approximate surface area is 227 Å². The Morgan fingerprint density at radius 2 is 1.54 bits per heavy atom. The fourth-order valence-electron chi connectivity index (χ4n) is 4.87. The predicted molar refractivity (Wildman–Crippen MR) is 158 cm³/mol. The molecular weight excluding hydrogens is 517 g/mol. The lowest BCUT2D eigenvalue weighted by Gasteiger charge is -2.35. The molecule has 0 unspecified atom stereocenters. The van der Waals surface area contributed by atoms with Crippen molar-refractivity contribution in [3.63, 3.8) is 0 Å². The van der Waals surface area contributed by atoms with Crippen LogP contribution in [0.1, 0.15) is 43.0 Å². The molecule has 7 heteroatoms. The van der Waals surface area contributed by atoms with Gasteiger partial charge >= 0.3 is 5.97 Å². The average molecular weight is 555 g/mol. The first-order valence-corrected chi connectivity index (χ1v) is 19.4. The lowest BCUT2D eigenvalue weighted by molar-refractivity contribution is -0.144. The average Bonchev–Trinajstić information content (AvgIpc) is 3.35. The van der Waals surface area contributed by atoms with Crippen LogP contribution in [0.5, 0.6) is 0 Å². The van der Waals surface area contributed by atoms with Gasteiger partial charge in [-0.15, -0.1) is 11.3 Å². The van der Waals surface area contributed by atoms with Crippen LogP contribution in [-0.4, -0.2) is 34.8 Å². The third-order valence-electron chi connectivity index (χ3n) is 7.30. The first kappa shape index (κ1) is 27.8. The van der Waals surface area contributed by atoms with E-state index >= 15 is 0 Å². The Morgan fingerprint density at radius 1 is 0.919 bits per heavy atom. The van der Waals surface area contributed by atoms with Crippen LogP contribution < -0.4 is 0 Å². The highest BCUT2D eigenvalue weighted by atomic mass is 32.2. The third kappa shape index (κ3) is 6.44. The van der Waals surface area contributed by atoms with Gasteiger partial charge in [-0.05, 0) is 59.7 Å². The second-order valence-corrected chi connectivity index (χ2v) is 20.4. The Bertz CT molecular complexity index is 1320. The molecular formula is C30H38O4S2Si. The molecule has 37 heavy (non-hydrogen) atoms. The fourth-order valence-corrected chi connectivity index (χ4v) is 9.35. The van der Waals surface area contributed by atoms with Crippen molar-refractivity contribution in [3.8, 4) is 21.6 Å². The number of ether oxygens (including phenoxy) is 1. The summed E-state index contributed by atoms with van der Waals surface area (Å²) in [6.45, 7) is 9.22. The number of carbonyl (C=O) groups excluding carboxylic acids is 1. The number of thiophene rings is 1. The molecule has 0 radical (unpaired) electrons. The van der Waals surface area contributed by atoms with E-state index in [-0.39, 0.29) is 12.2 Å². The minimum absolute atomic E-state index is 0.103. The number of esters is 1. The molecule has 0 saturated carbocycles. The van der Waals surface area contributed by atoms with Crippen LogP contribution in [0.4, 0.5) is 0 Å². The Balaban J connectivity index is 1.57. The molecule has 1 aliphatic heterocycles. The van der Waals surface area contributed by atoms with Gasteiger partial charge in [-0.25, -0.2) is 8.42 Å². The summed E-state index contributed by atoms with van der Waals surface area (Å²) < 4.78 is 31.3. The van der Waals surface area contributed by atoms with E-state index in [1.165, 1.54) is 22.5 Å². The quantitative estimate of drug-likeness (QED) is 0.201. The smallest absolute Gasteiger partial charge is 0.307 e. The van der Waals surface area contributed by atoms with Crippen molar-refractivity contribution in [3.05, 3.63) is 71.1 Å². The zero-order valence-corrected chi connectivity index (χ0v) is 25.0. The van der Waals surface area contributed by atoms with E-state index in [2.05, 4.69) is 75.1 Å². The number of benzene rings is 2. The molecule has 3 aromatic rings. The Hall–Kier alpha value is -2.22. The lowest BCUT2D eigenvalue weighted by Crippen LogP contribution is -2.42. The van der Waals surface area contributed by atoms with Crippen LogP contribution in [0.2, 0.25) is 25.7 Å². The molecule has 0 spiro atoms. The van der Waals surface area contributed by atoms with E-state index in [4.69, 9.17) is 4.74 Å². The maximum Gasteiger partial charge on any atom is 0.307 e. The van der Waals surface area contributed by atoms with Crippen molar-refractivity contribution < 1.29 is 17.9 Å². The number of sulfone groups is 1. The summed E-state index contributed by atoms with van der Waals surface area (Å²) in [5.41, 5.74) is 4.69. The summed E-state index contributed by atoms with van der Waals surface area (Å²) in [6.07, 6.45) is 2.82. The molecule has 4 nitrogen and oxygen atoms in total. The van der Waals surface area contributed by atoms with Crippen LogP contribution in [0, 0.1) is 0 Å². The van der Waals surface area contributed by atoms with Crippen molar-refractivity contribution in [1.82, 2.24) is 0 Å². The van der Waals surface area contributed by atoms with Gasteiger partial charge in [0.1, 0.15) is 4.75 Å². The zero-order valence-electron chi connectivity index (χ0n) is 22.4. The molecule has 1 atom stereocenters. The van der Waals surface area contributed by atoms with Crippen molar-refractivity contribution in [1.29, 1.82) is 0 Å². The van der Waals surface area contributed by atoms with Crippen molar-refractivity contribution in [2.45, 2.75) is 69.5 Å². The van der Waals surface area contributed by atoms with E-state index in [1.54, 1.807) is 0 Å². The van der Waals surface area contributed by atoms with Gasteiger partial charge in [0, 0.05) is 17.8 Å². The number of carbonyl (C=O) groups is 1. The van der Waals surface area contributed by atoms with E-state index < -0.39 is 28.6 Å². The topological polar surface area (TPSA) is 60.4 Å². The van der Waals surface area contributed by atoms with Crippen molar-refractivity contribution in [2.24, 2.45) is 0 Å². The van der Waals surface area contributed by atoms with Gasteiger partial charge in [-0.1, -0.05) is 81.5 Å². The minimum Gasteiger partial charge on any atom is -0.466 e. The summed E-state index contributed by atoms with van der Waals surface area (Å²) >= 11 is 1.49. The van der Waals surface area contributed by atoms with E-state index in [1.807, 2.05) is 12.1 Å². The van der Waals surface area contributed by atoms with Crippen LogP contribution in [0.3, 0.4) is 0 Å². The predicted octanol–water partition coefficient (Wildman–Crippen LogP) is 7.71. The van der Waals surface area contributed by atoms with E-state index in [9.17, 15) is 13.2 Å². The summed E-state index contributed by atoms with van der Waals surface area (Å²) in [6, 6.07) is 21.8. The molecule has 4 rings (SSSR count). The number of hydrogen-bond acceptors (Lipinski definition) is 5. The van der Waals surface area contributed by atoms with Gasteiger partial charge in [-0.3, -0.25) is 4.79 Å². The highest BCUT2D eigenvalue weighted by molar-refractivity contribution is 7.92. The molecule has 1 aliphatic rings. The molecule has 0 bridgehead atoms. The molecule has 0 amide bonds. The summed E-state index contributed by atoms with van der Waals surface area (Å²) in [5, 5.41) is 0. The SMILES string of the molecule is CCc1ccc(-c2ccc(-c3ccc([C@@]4(CC(=O)OCC[Si](C)(C)C)CCCCS4(=O)=O)s3)cc2)cc1.